The summed E-state index contributed by atoms with van der Waals surface area (Å²) in [6, 6.07) is 0. The largest absolute Gasteiger partial charge is 4.00 e. The third-order valence-electron chi connectivity index (χ3n) is 0. The Labute approximate surface area is 243 Å². The standard InChI is InChI=1S/4C3H8O.4C3H7O.2Ti/c8*1-3(2)4;;/h4*3-4H,1-2H3;4*3H,1-2H3;;/q;;;;4*-1;;+4. The predicted octanol–water partition coefficient (Wildman–Crippen LogP) is 0.564. The van der Waals surface area contributed by atoms with Crippen LogP contribution >= 0.6 is 0 Å². The van der Waals surface area contributed by atoms with Crippen molar-refractivity contribution < 1.29 is 84.3 Å². The molecule has 0 heterocycles. The van der Waals surface area contributed by atoms with Crippen LogP contribution in [0, 0.1) is 0 Å². The number of hydrogen-bond acceptors (Lipinski definition) is 8. The van der Waals surface area contributed by atoms with E-state index in [-0.39, 0.29) is 67.9 Å². The molecule has 0 fully saturated rings. The van der Waals surface area contributed by atoms with Gasteiger partial charge in [-0.1, -0.05) is 55.4 Å². The zero-order chi connectivity index (χ0) is 28.6. The summed E-state index contributed by atoms with van der Waals surface area (Å²) in [5.74, 6) is 0. The Balaban J connectivity index is -0.0000000240. The van der Waals surface area contributed by atoms with E-state index in [1.54, 1.807) is 111 Å². The predicted molar refractivity (Wildman–Crippen MR) is 130 cm³/mol. The van der Waals surface area contributed by atoms with Gasteiger partial charge in [-0.3, -0.25) is 0 Å². The Kier molecular flexibility index (Phi) is 113. The van der Waals surface area contributed by atoms with Crippen LogP contribution < -0.4 is 20.4 Å². The molecular formula is C24H60O8Ti2. The minimum absolute atomic E-state index is 0. The third kappa shape index (κ3) is 27800. The van der Waals surface area contributed by atoms with Crippen LogP contribution in [0.2, 0.25) is 0 Å². The average Bonchev–Trinajstić information content (AvgIpc) is 2.30. The van der Waals surface area contributed by atoms with E-state index in [0.717, 1.165) is 0 Å². The Morgan fingerprint density at radius 1 is 0.324 bits per heavy atom. The van der Waals surface area contributed by atoms with Crippen LogP contribution in [0.1, 0.15) is 111 Å². The SMILES string of the molecule is CC(C)O.CC(C)O.CC(C)O.CC(C)O.CC(C)[O-].CC(C)[O-].CC(C)[O-].CC(C)[O-].[Ti+4].[Ti]. The normalized spacial score (nSPS) is 8.47. The molecule has 0 aliphatic rings. The van der Waals surface area contributed by atoms with Crippen LogP contribution in [0.25, 0.3) is 0 Å². The van der Waals surface area contributed by atoms with E-state index in [1.807, 2.05) is 0 Å². The van der Waals surface area contributed by atoms with E-state index in [2.05, 4.69) is 0 Å². The molecule has 0 spiro atoms. The minimum Gasteiger partial charge on any atom is -0.852 e. The Morgan fingerprint density at radius 2 is 0.324 bits per heavy atom. The molecule has 0 amide bonds. The molecule has 10 heteroatoms. The van der Waals surface area contributed by atoms with E-state index in [1.165, 1.54) is 0 Å². The van der Waals surface area contributed by atoms with Gasteiger partial charge in [0.1, 0.15) is 0 Å². The van der Waals surface area contributed by atoms with E-state index in [0.29, 0.717) is 0 Å². The summed E-state index contributed by atoms with van der Waals surface area (Å²) in [6.45, 7) is 26.7. The minimum atomic E-state index is -0.417. The van der Waals surface area contributed by atoms with Crippen molar-refractivity contribution in [3.05, 3.63) is 0 Å². The Bertz CT molecular complexity index is 147. The molecule has 34 heavy (non-hydrogen) atoms. The van der Waals surface area contributed by atoms with Gasteiger partial charge >= 0.3 is 21.7 Å². The van der Waals surface area contributed by atoms with Crippen LogP contribution in [0.15, 0.2) is 0 Å². The van der Waals surface area contributed by atoms with Crippen molar-refractivity contribution in [1.82, 2.24) is 0 Å². The van der Waals surface area contributed by atoms with Crippen molar-refractivity contribution in [3.8, 4) is 0 Å². The first-order chi connectivity index (χ1) is 13.9. The van der Waals surface area contributed by atoms with Gasteiger partial charge < -0.3 is 40.9 Å². The molecule has 0 unspecified atom stereocenters. The number of aliphatic hydroxyl groups excluding tert-OH is 4. The second-order valence-corrected chi connectivity index (χ2v) is 8.57. The molecule has 4 N–H and O–H groups in total. The fourth-order valence-corrected chi connectivity index (χ4v) is 0. The van der Waals surface area contributed by atoms with Gasteiger partial charge in [0.2, 0.25) is 0 Å². The third-order valence-corrected chi connectivity index (χ3v) is 0. The maximum atomic E-state index is 9.53. The van der Waals surface area contributed by atoms with E-state index >= 15 is 0 Å². The molecule has 0 aromatic heterocycles. The quantitative estimate of drug-likeness (QED) is 0.305. The molecule has 0 rings (SSSR count). The van der Waals surface area contributed by atoms with Crippen molar-refractivity contribution in [2.45, 2.75) is 160 Å². The Morgan fingerprint density at radius 3 is 0.324 bits per heavy atom. The van der Waals surface area contributed by atoms with Gasteiger partial charge in [-0.25, -0.2) is 0 Å². The molecule has 0 bridgehead atoms. The van der Waals surface area contributed by atoms with Gasteiger partial charge in [0.25, 0.3) is 0 Å². The molecule has 0 radical (unpaired) electrons. The molecule has 212 valence electrons. The van der Waals surface area contributed by atoms with Crippen LogP contribution in [-0.4, -0.2) is 69.3 Å². The fourth-order valence-electron chi connectivity index (χ4n) is 0. The van der Waals surface area contributed by atoms with Crippen LogP contribution in [0.5, 0.6) is 0 Å². The van der Waals surface area contributed by atoms with Crippen LogP contribution in [-0.2, 0) is 43.4 Å². The molecular weight excluding hydrogens is 512 g/mol. The molecule has 0 aliphatic carbocycles. The molecule has 0 atom stereocenters. The number of aliphatic hydroxyl groups is 4. The second kappa shape index (κ2) is 59.3. The van der Waals surface area contributed by atoms with E-state index in [4.69, 9.17) is 20.4 Å². The van der Waals surface area contributed by atoms with Gasteiger partial charge in [-0.05, 0) is 55.4 Å². The fraction of sp³-hybridized carbons (Fsp3) is 1.00. The van der Waals surface area contributed by atoms with Crippen molar-refractivity contribution in [2.24, 2.45) is 0 Å². The number of rotatable bonds is 0. The van der Waals surface area contributed by atoms with Crippen molar-refractivity contribution in [3.63, 3.8) is 0 Å². The molecule has 0 aromatic rings. The second-order valence-electron chi connectivity index (χ2n) is 8.57. The first-order valence-electron chi connectivity index (χ1n) is 11.2. The topological polar surface area (TPSA) is 173 Å². The molecule has 8 nitrogen and oxygen atoms in total. The molecule has 0 saturated heterocycles. The number of hydrogen-bond donors (Lipinski definition) is 4. The zero-order valence-corrected chi connectivity index (χ0v) is 28.2. The molecule has 0 aliphatic heterocycles. The maximum Gasteiger partial charge on any atom is 4.00 e. The zero-order valence-electron chi connectivity index (χ0n) is 25.0. The molecule has 0 aromatic carbocycles. The monoisotopic (exact) mass is 572 g/mol. The summed E-state index contributed by atoms with van der Waals surface area (Å²) >= 11 is 0. The van der Waals surface area contributed by atoms with Gasteiger partial charge in [0.05, 0.1) is 0 Å². The maximum absolute atomic E-state index is 9.53. The van der Waals surface area contributed by atoms with Crippen LogP contribution in [0.3, 0.4) is 0 Å². The van der Waals surface area contributed by atoms with E-state index in [9.17, 15) is 20.4 Å². The summed E-state index contributed by atoms with van der Waals surface area (Å²) in [6.07, 6.45) is -2.33. The van der Waals surface area contributed by atoms with Crippen molar-refractivity contribution in [2.75, 3.05) is 0 Å². The van der Waals surface area contributed by atoms with Gasteiger partial charge in [-0.15, -0.1) is 24.4 Å². The van der Waals surface area contributed by atoms with E-state index < -0.39 is 24.4 Å². The Hall–Kier alpha value is 1.11. The summed E-state index contributed by atoms with van der Waals surface area (Å²) in [7, 11) is 0. The van der Waals surface area contributed by atoms with Gasteiger partial charge in [-0.2, -0.15) is 0 Å². The smallest absolute Gasteiger partial charge is 0.852 e. The van der Waals surface area contributed by atoms with Gasteiger partial charge in [0, 0.05) is 46.1 Å². The van der Waals surface area contributed by atoms with Crippen LogP contribution in [0.4, 0.5) is 0 Å². The van der Waals surface area contributed by atoms with Gasteiger partial charge in [0.15, 0.2) is 0 Å². The van der Waals surface area contributed by atoms with Crippen molar-refractivity contribution >= 4 is 0 Å². The summed E-state index contributed by atoms with van der Waals surface area (Å²) < 4.78 is 0. The summed E-state index contributed by atoms with van der Waals surface area (Å²) in [5.41, 5.74) is 0. The summed E-state index contributed by atoms with van der Waals surface area (Å²) in [4.78, 5) is 0. The summed E-state index contributed by atoms with van der Waals surface area (Å²) in [5, 5.41) is 70.3. The first kappa shape index (κ1) is 64.8. The molecule has 0 saturated carbocycles. The average molecular weight is 572 g/mol. The first-order valence-corrected chi connectivity index (χ1v) is 11.2. The van der Waals surface area contributed by atoms with Crippen molar-refractivity contribution in [1.29, 1.82) is 0 Å².